The molecule has 2 aromatic heterocycles. The Balaban J connectivity index is 2.06. The maximum Gasteiger partial charge on any atom is 0.259 e. The van der Waals surface area contributed by atoms with Crippen molar-refractivity contribution in [2.45, 2.75) is 39.7 Å². The van der Waals surface area contributed by atoms with E-state index in [2.05, 4.69) is 34.3 Å². The van der Waals surface area contributed by atoms with Crippen LogP contribution in [0.5, 0.6) is 0 Å². The maximum atomic E-state index is 9.17. The second kappa shape index (κ2) is 7.17. The quantitative estimate of drug-likeness (QED) is 0.815. The fourth-order valence-corrected chi connectivity index (χ4v) is 1.91. The Morgan fingerprint density at radius 1 is 1.33 bits per heavy atom. The Hall–Kier alpha value is -1.95. The third kappa shape index (κ3) is 4.26. The summed E-state index contributed by atoms with van der Waals surface area (Å²) in [5.74, 6) is 2.42. The molecule has 21 heavy (non-hydrogen) atoms. The number of nitrogens with zero attached hydrogens (tertiary/aromatic N) is 3. The highest BCUT2D eigenvalue weighted by Crippen LogP contribution is 2.19. The summed E-state index contributed by atoms with van der Waals surface area (Å²) in [5.41, 5.74) is 0.792. The summed E-state index contributed by atoms with van der Waals surface area (Å²) in [6, 6.07) is 3.75. The third-order valence-corrected chi connectivity index (χ3v) is 3.13. The summed E-state index contributed by atoms with van der Waals surface area (Å²) in [6.07, 6.45) is 3.33. The number of aliphatic hydroxyl groups is 1. The largest absolute Gasteiger partial charge is 0.394 e. The molecule has 6 nitrogen and oxygen atoms in total. The average Bonchev–Trinajstić information content (AvgIpc) is 2.93. The molecule has 6 heteroatoms. The molecule has 0 bridgehead atoms. The predicted molar refractivity (Wildman–Crippen MR) is 80.9 cm³/mol. The van der Waals surface area contributed by atoms with Gasteiger partial charge in [-0.05, 0) is 24.5 Å². The SMILES string of the molecule is CC[C@H](CO)Nc1ccc(-c2nc(CC(C)C)no2)cn1. The zero-order valence-corrected chi connectivity index (χ0v) is 12.7. The highest BCUT2D eigenvalue weighted by atomic mass is 16.5. The number of nitrogens with one attached hydrogen (secondary N) is 1. The van der Waals surface area contributed by atoms with Gasteiger partial charge >= 0.3 is 0 Å². The van der Waals surface area contributed by atoms with Crippen molar-refractivity contribution in [3.05, 3.63) is 24.2 Å². The molecule has 0 spiro atoms. The molecule has 0 unspecified atom stereocenters. The first-order valence-electron chi connectivity index (χ1n) is 7.28. The Bertz CT molecular complexity index is 547. The van der Waals surface area contributed by atoms with E-state index >= 15 is 0 Å². The summed E-state index contributed by atoms with van der Waals surface area (Å²) in [6.45, 7) is 6.33. The molecule has 0 amide bonds. The van der Waals surface area contributed by atoms with Gasteiger partial charge in [-0.3, -0.25) is 0 Å². The van der Waals surface area contributed by atoms with Gasteiger partial charge in [-0.25, -0.2) is 4.98 Å². The van der Waals surface area contributed by atoms with Gasteiger partial charge in [-0.2, -0.15) is 4.98 Å². The van der Waals surface area contributed by atoms with Crippen LogP contribution in [-0.2, 0) is 6.42 Å². The molecule has 0 fully saturated rings. The fourth-order valence-electron chi connectivity index (χ4n) is 1.91. The Morgan fingerprint density at radius 2 is 2.14 bits per heavy atom. The van der Waals surface area contributed by atoms with E-state index in [0.29, 0.717) is 17.6 Å². The lowest BCUT2D eigenvalue weighted by Gasteiger charge is -2.14. The van der Waals surface area contributed by atoms with Crippen LogP contribution in [0.15, 0.2) is 22.9 Å². The number of hydrogen-bond donors (Lipinski definition) is 2. The van der Waals surface area contributed by atoms with E-state index in [4.69, 9.17) is 4.52 Å². The van der Waals surface area contributed by atoms with Crippen LogP contribution in [0.3, 0.4) is 0 Å². The molecule has 1 atom stereocenters. The zero-order valence-electron chi connectivity index (χ0n) is 12.7. The Kier molecular flexibility index (Phi) is 5.27. The van der Waals surface area contributed by atoms with Gasteiger partial charge in [0, 0.05) is 12.6 Å². The van der Waals surface area contributed by atoms with Crippen molar-refractivity contribution in [3.8, 4) is 11.5 Å². The van der Waals surface area contributed by atoms with Crippen LogP contribution in [0.1, 0.15) is 33.0 Å². The summed E-state index contributed by atoms with van der Waals surface area (Å²) >= 11 is 0. The molecule has 0 aliphatic rings. The Morgan fingerprint density at radius 3 is 2.71 bits per heavy atom. The van der Waals surface area contributed by atoms with Crippen LogP contribution in [0.2, 0.25) is 0 Å². The van der Waals surface area contributed by atoms with E-state index < -0.39 is 0 Å². The molecule has 0 aromatic carbocycles. The van der Waals surface area contributed by atoms with Crippen LogP contribution in [-0.4, -0.2) is 32.9 Å². The van der Waals surface area contributed by atoms with Crippen LogP contribution in [0, 0.1) is 5.92 Å². The van der Waals surface area contributed by atoms with Gasteiger partial charge in [0.15, 0.2) is 5.82 Å². The van der Waals surface area contributed by atoms with E-state index in [0.717, 1.165) is 24.2 Å². The molecular weight excluding hydrogens is 268 g/mol. The van der Waals surface area contributed by atoms with Crippen LogP contribution >= 0.6 is 0 Å². The fraction of sp³-hybridized carbons (Fsp3) is 0.533. The molecule has 0 saturated carbocycles. The van der Waals surface area contributed by atoms with E-state index in [-0.39, 0.29) is 12.6 Å². The van der Waals surface area contributed by atoms with Gasteiger partial charge in [0.05, 0.1) is 18.2 Å². The van der Waals surface area contributed by atoms with Crippen LogP contribution in [0.4, 0.5) is 5.82 Å². The molecule has 2 heterocycles. The number of pyridine rings is 1. The van der Waals surface area contributed by atoms with E-state index in [9.17, 15) is 5.11 Å². The number of rotatable bonds is 7. The first-order chi connectivity index (χ1) is 10.1. The van der Waals surface area contributed by atoms with Crippen molar-refractivity contribution in [1.29, 1.82) is 0 Å². The second-order valence-electron chi connectivity index (χ2n) is 5.48. The van der Waals surface area contributed by atoms with E-state index in [1.807, 2.05) is 19.1 Å². The lowest BCUT2D eigenvalue weighted by Crippen LogP contribution is -2.23. The summed E-state index contributed by atoms with van der Waals surface area (Å²) in [7, 11) is 0. The molecule has 2 rings (SSSR count). The predicted octanol–water partition coefficient (Wildman–Crippen LogP) is 2.51. The average molecular weight is 290 g/mol. The zero-order chi connectivity index (χ0) is 15.2. The normalized spacial score (nSPS) is 12.6. The third-order valence-electron chi connectivity index (χ3n) is 3.13. The van der Waals surface area contributed by atoms with Gasteiger partial charge in [-0.1, -0.05) is 25.9 Å². The molecular formula is C15H22N4O2. The lowest BCUT2D eigenvalue weighted by molar-refractivity contribution is 0.271. The molecule has 114 valence electrons. The van der Waals surface area contributed by atoms with Crippen molar-refractivity contribution in [2.75, 3.05) is 11.9 Å². The monoisotopic (exact) mass is 290 g/mol. The molecule has 0 saturated heterocycles. The Labute approximate surface area is 124 Å². The minimum Gasteiger partial charge on any atom is -0.394 e. The standard InChI is InChI=1S/C15H22N4O2/c1-4-12(9-20)17-13-6-5-11(8-16-13)15-18-14(19-21-15)7-10(2)3/h5-6,8,10,12,20H,4,7,9H2,1-3H3,(H,16,17)/t12-/m1/s1. The number of aliphatic hydroxyl groups excluding tert-OH is 1. The molecule has 2 N–H and O–H groups in total. The number of hydrogen-bond acceptors (Lipinski definition) is 6. The summed E-state index contributed by atoms with van der Waals surface area (Å²) in [4.78, 5) is 8.68. The highest BCUT2D eigenvalue weighted by Gasteiger charge is 2.11. The first kappa shape index (κ1) is 15.4. The van der Waals surface area contributed by atoms with Crippen molar-refractivity contribution in [3.63, 3.8) is 0 Å². The lowest BCUT2D eigenvalue weighted by atomic mass is 10.1. The van der Waals surface area contributed by atoms with Crippen molar-refractivity contribution in [2.24, 2.45) is 5.92 Å². The summed E-state index contributed by atoms with van der Waals surface area (Å²) < 4.78 is 5.25. The van der Waals surface area contributed by atoms with Crippen LogP contribution in [0.25, 0.3) is 11.5 Å². The van der Waals surface area contributed by atoms with Gasteiger partial charge in [0.1, 0.15) is 5.82 Å². The van der Waals surface area contributed by atoms with Gasteiger partial charge in [-0.15, -0.1) is 0 Å². The smallest absolute Gasteiger partial charge is 0.259 e. The van der Waals surface area contributed by atoms with Gasteiger partial charge in [0.25, 0.3) is 5.89 Å². The van der Waals surface area contributed by atoms with Crippen molar-refractivity contribution >= 4 is 5.82 Å². The molecule has 2 aromatic rings. The molecule has 0 aliphatic carbocycles. The minimum absolute atomic E-state index is 0.0180. The van der Waals surface area contributed by atoms with Gasteiger partial charge in [0.2, 0.25) is 0 Å². The van der Waals surface area contributed by atoms with Crippen LogP contribution < -0.4 is 5.32 Å². The van der Waals surface area contributed by atoms with Crippen molar-refractivity contribution < 1.29 is 9.63 Å². The minimum atomic E-state index is 0.0180. The topological polar surface area (TPSA) is 84.1 Å². The highest BCUT2D eigenvalue weighted by molar-refractivity contribution is 5.54. The van der Waals surface area contributed by atoms with E-state index in [1.54, 1.807) is 6.20 Å². The molecule has 0 aliphatic heterocycles. The van der Waals surface area contributed by atoms with E-state index in [1.165, 1.54) is 0 Å². The molecule has 0 radical (unpaired) electrons. The first-order valence-corrected chi connectivity index (χ1v) is 7.28. The van der Waals surface area contributed by atoms with Gasteiger partial charge < -0.3 is 14.9 Å². The number of anilines is 1. The number of aromatic nitrogens is 3. The maximum absolute atomic E-state index is 9.17. The van der Waals surface area contributed by atoms with Crippen molar-refractivity contribution in [1.82, 2.24) is 15.1 Å². The second-order valence-corrected chi connectivity index (χ2v) is 5.48. The summed E-state index contributed by atoms with van der Waals surface area (Å²) in [5, 5.41) is 16.3.